The van der Waals surface area contributed by atoms with E-state index in [1.807, 2.05) is 0 Å². The predicted octanol–water partition coefficient (Wildman–Crippen LogP) is 18.3. The van der Waals surface area contributed by atoms with E-state index in [4.69, 9.17) is 0 Å². The number of allylic oxidation sites excluding steroid dienone is 9. The molecule has 2 heteroatoms. The highest BCUT2D eigenvalue weighted by atomic mass is 15.2. The van der Waals surface area contributed by atoms with Gasteiger partial charge in [-0.25, -0.2) is 0 Å². The Hall–Kier alpha value is -7.42. The molecule has 8 aromatic rings. The minimum absolute atomic E-state index is 0.207. The second-order valence-electron chi connectivity index (χ2n) is 20.7. The zero-order valence-electron chi connectivity index (χ0n) is 39.8. The number of nitrogens with zero attached hydrogens (tertiary/aromatic N) is 2. The van der Waals surface area contributed by atoms with Crippen molar-refractivity contribution in [3.63, 3.8) is 0 Å². The summed E-state index contributed by atoms with van der Waals surface area (Å²) in [4.78, 5) is 5.24. The van der Waals surface area contributed by atoms with Gasteiger partial charge in [-0.1, -0.05) is 147 Å². The van der Waals surface area contributed by atoms with Crippen molar-refractivity contribution in [1.29, 1.82) is 0 Å². The van der Waals surface area contributed by atoms with E-state index in [0.717, 1.165) is 64.2 Å². The van der Waals surface area contributed by atoms with Crippen LogP contribution in [-0.4, -0.2) is 0 Å². The van der Waals surface area contributed by atoms with Gasteiger partial charge in [0.2, 0.25) is 0 Å². The molecule has 0 radical (unpaired) electrons. The average molecular weight is 889 g/mol. The van der Waals surface area contributed by atoms with E-state index in [1.165, 1.54) is 117 Å². The number of hydrogen-bond acceptors (Lipinski definition) is 2. The van der Waals surface area contributed by atoms with Crippen molar-refractivity contribution in [3.8, 4) is 33.4 Å². The van der Waals surface area contributed by atoms with Crippen molar-refractivity contribution in [2.45, 2.75) is 83.5 Å². The Bertz CT molecular complexity index is 3670. The fraction of sp³-hybridized carbons (Fsp3) is 0.194. The molecule has 14 rings (SSSR count). The second-order valence-corrected chi connectivity index (χ2v) is 20.7. The first-order chi connectivity index (χ1) is 34.0. The number of anilines is 3. The summed E-state index contributed by atoms with van der Waals surface area (Å²) >= 11 is 0. The molecule has 0 saturated carbocycles. The molecule has 0 saturated heterocycles. The van der Waals surface area contributed by atoms with Crippen molar-refractivity contribution in [2.24, 2.45) is 0 Å². The molecule has 0 N–H and O–H groups in total. The molecule has 334 valence electrons. The highest BCUT2D eigenvalue weighted by molar-refractivity contribution is 6.25. The van der Waals surface area contributed by atoms with Crippen LogP contribution in [0.5, 0.6) is 0 Å². The Kier molecular flexibility index (Phi) is 9.32. The largest absolute Gasteiger partial charge is 0.311 e. The minimum atomic E-state index is -0.207. The Balaban J connectivity index is 1.13. The van der Waals surface area contributed by atoms with Crippen molar-refractivity contribution < 1.29 is 0 Å². The molecule has 0 amide bonds. The van der Waals surface area contributed by atoms with Gasteiger partial charge in [-0.2, -0.15) is 0 Å². The molecule has 8 aromatic carbocycles. The van der Waals surface area contributed by atoms with Crippen LogP contribution in [0.1, 0.15) is 88.3 Å². The molecule has 2 heterocycles. The maximum Gasteiger partial charge on any atom is 0.0493 e. The van der Waals surface area contributed by atoms with Gasteiger partial charge in [0, 0.05) is 39.6 Å². The standard InChI is InChI=1S/C67H56N2/c1-67(2)59-28-10-9-24-51(59)55-26-16-27-56(66(55)67)65-54-40-38-48(68-60-29-11-4-18-44(60)33-34-45-19-5-12-30-61(45)68)41-57(54)64(52-25-15-22-43-17-3-8-23-50(43)52)53-39-37-49(42-58(53)65)69-62-31-13-6-20-46(62)35-36-47-21-7-14-32-63(47)69/h3,6,8-17,20,22-32,37-42H,4-5,7,18-19,21,33-36H2,1-2H3. The topological polar surface area (TPSA) is 6.48 Å². The molecule has 0 unspecified atom stereocenters. The molecule has 2 aliphatic heterocycles. The van der Waals surface area contributed by atoms with Crippen LogP contribution in [0.3, 0.4) is 0 Å². The first-order valence-corrected chi connectivity index (χ1v) is 25.6. The maximum absolute atomic E-state index is 2.64. The zero-order chi connectivity index (χ0) is 45.8. The van der Waals surface area contributed by atoms with E-state index in [1.54, 1.807) is 16.7 Å². The number of fused-ring (bicyclic) bond motifs is 7. The fourth-order valence-corrected chi connectivity index (χ4v) is 13.5. The van der Waals surface area contributed by atoms with E-state index in [-0.39, 0.29) is 5.41 Å². The lowest BCUT2D eigenvalue weighted by Gasteiger charge is -2.32. The lowest BCUT2D eigenvalue weighted by atomic mass is 9.76. The summed E-state index contributed by atoms with van der Waals surface area (Å²) in [5, 5.41) is 7.68. The first kappa shape index (κ1) is 40.6. The van der Waals surface area contributed by atoms with Crippen molar-refractivity contribution >= 4 is 49.4 Å². The van der Waals surface area contributed by atoms with Gasteiger partial charge in [-0.05, 0) is 212 Å². The molecule has 4 aliphatic carbocycles. The Morgan fingerprint density at radius 3 is 1.64 bits per heavy atom. The molecule has 2 nitrogen and oxygen atoms in total. The van der Waals surface area contributed by atoms with E-state index in [0.29, 0.717) is 0 Å². The Morgan fingerprint density at radius 2 is 0.913 bits per heavy atom. The van der Waals surface area contributed by atoms with E-state index < -0.39 is 0 Å². The Labute approximate surface area is 406 Å². The first-order valence-electron chi connectivity index (χ1n) is 25.6. The number of para-hydroxylation sites is 1. The molecule has 6 aliphatic rings. The average Bonchev–Trinajstić information content (AvgIpc) is 3.50. The van der Waals surface area contributed by atoms with Crippen LogP contribution >= 0.6 is 0 Å². The van der Waals surface area contributed by atoms with E-state index >= 15 is 0 Å². The normalized spacial score (nSPS) is 18.0. The summed E-state index contributed by atoms with van der Waals surface area (Å²) in [5.41, 5.74) is 24.5. The maximum atomic E-state index is 2.64. The van der Waals surface area contributed by atoms with Gasteiger partial charge in [0.15, 0.2) is 0 Å². The van der Waals surface area contributed by atoms with Crippen LogP contribution < -0.4 is 9.80 Å². The van der Waals surface area contributed by atoms with E-state index in [2.05, 4.69) is 206 Å². The van der Waals surface area contributed by atoms with Crippen LogP contribution in [-0.2, 0) is 11.8 Å². The van der Waals surface area contributed by atoms with Gasteiger partial charge in [-0.3, -0.25) is 0 Å². The van der Waals surface area contributed by atoms with Crippen LogP contribution in [0, 0.1) is 0 Å². The van der Waals surface area contributed by atoms with Crippen molar-refractivity contribution in [3.05, 3.63) is 233 Å². The van der Waals surface area contributed by atoms with Gasteiger partial charge < -0.3 is 9.80 Å². The predicted molar refractivity (Wildman–Crippen MR) is 292 cm³/mol. The van der Waals surface area contributed by atoms with Gasteiger partial charge in [0.25, 0.3) is 0 Å². The second kappa shape index (κ2) is 15.8. The number of benzene rings is 8. The third-order valence-electron chi connectivity index (χ3n) is 16.6. The van der Waals surface area contributed by atoms with Crippen molar-refractivity contribution in [1.82, 2.24) is 0 Å². The molecule has 0 spiro atoms. The molecule has 0 aromatic heterocycles. The van der Waals surface area contributed by atoms with Gasteiger partial charge in [0.05, 0.1) is 0 Å². The van der Waals surface area contributed by atoms with Crippen LogP contribution in [0.25, 0.3) is 65.7 Å². The lowest BCUT2D eigenvalue weighted by molar-refractivity contribution is 0.662. The molecule has 69 heavy (non-hydrogen) atoms. The molecule has 0 fully saturated rings. The highest BCUT2D eigenvalue weighted by Crippen LogP contribution is 2.56. The smallest absolute Gasteiger partial charge is 0.0493 e. The third kappa shape index (κ3) is 6.24. The summed E-state index contributed by atoms with van der Waals surface area (Å²) in [6, 6.07) is 56.3. The monoisotopic (exact) mass is 888 g/mol. The van der Waals surface area contributed by atoms with E-state index in [9.17, 15) is 0 Å². The zero-order valence-corrected chi connectivity index (χ0v) is 39.8. The van der Waals surface area contributed by atoms with Gasteiger partial charge >= 0.3 is 0 Å². The molecule has 0 bridgehead atoms. The number of aryl methyl sites for hydroxylation is 1. The Morgan fingerprint density at radius 1 is 0.391 bits per heavy atom. The van der Waals surface area contributed by atoms with Crippen LogP contribution in [0.15, 0.2) is 216 Å². The quantitative estimate of drug-likeness (QED) is 0.163. The minimum Gasteiger partial charge on any atom is -0.311 e. The van der Waals surface area contributed by atoms with Crippen molar-refractivity contribution in [2.75, 3.05) is 9.80 Å². The van der Waals surface area contributed by atoms with Gasteiger partial charge in [0.1, 0.15) is 0 Å². The van der Waals surface area contributed by atoms with Crippen LogP contribution in [0.2, 0.25) is 0 Å². The molecular formula is C67H56N2. The number of hydrogen-bond donors (Lipinski definition) is 0. The fourth-order valence-electron chi connectivity index (χ4n) is 13.5. The third-order valence-corrected chi connectivity index (χ3v) is 16.6. The van der Waals surface area contributed by atoms with Gasteiger partial charge in [-0.15, -0.1) is 0 Å². The lowest BCUT2D eigenvalue weighted by Crippen LogP contribution is -2.23. The highest BCUT2D eigenvalue weighted by Gasteiger charge is 2.38. The SMILES string of the molecule is CC1(C)c2ccccc2-c2cccc(-c3c4cc(N5C6=C(CCC=C6)CCc6ccccc65)ccc4c(-c4cccc5ccccc45)c4cc(N5C6=C(CCC=C6)CCC6=C5C=CCC6)ccc34)c21. The summed E-state index contributed by atoms with van der Waals surface area (Å²) in [6.07, 6.45) is 25.6. The molecular weight excluding hydrogens is 833 g/mol. The number of rotatable bonds is 4. The summed E-state index contributed by atoms with van der Waals surface area (Å²) in [5.74, 6) is 0. The van der Waals surface area contributed by atoms with Crippen LogP contribution in [0.4, 0.5) is 17.1 Å². The summed E-state index contributed by atoms with van der Waals surface area (Å²) < 4.78 is 0. The summed E-state index contributed by atoms with van der Waals surface area (Å²) in [6.45, 7) is 4.89. The summed E-state index contributed by atoms with van der Waals surface area (Å²) in [7, 11) is 0. The molecule has 0 atom stereocenters.